The maximum Gasteiger partial charge on any atom is 0.243 e. The molecule has 2 fully saturated rings. The zero-order valence-electron chi connectivity index (χ0n) is 16.0. The lowest BCUT2D eigenvalue weighted by Crippen LogP contribution is -2.40. The Morgan fingerprint density at radius 3 is 2.61 bits per heavy atom. The van der Waals surface area contributed by atoms with Crippen molar-refractivity contribution in [2.75, 3.05) is 37.6 Å². The number of nitriles is 1. The van der Waals surface area contributed by atoms with E-state index < -0.39 is 10.0 Å². The Bertz CT molecular complexity index is 899. The van der Waals surface area contributed by atoms with Gasteiger partial charge in [0, 0.05) is 31.4 Å². The topological polar surface area (TPSA) is 84.7 Å². The fraction of sp³-hybridized carbons (Fsp3) is 0.600. The molecule has 1 aromatic rings. The number of amides is 1. The van der Waals surface area contributed by atoms with Gasteiger partial charge in [0.1, 0.15) is 0 Å². The number of fused-ring (bicyclic) bond motifs is 1. The van der Waals surface area contributed by atoms with E-state index in [-0.39, 0.29) is 19.0 Å². The van der Waals surface area contributed by atoms with Crippen molar-refractivity contribution in [3.05, 3.63) is 23.8 Å². The highest BCUT2D eigenvalue weighted by Gasteiger charge is 2.34. The van der Waals surface area contributed by atoms with Crippen molar-refractivity contribution in [1.82, 2.24) is 9.21 Å². The third kappa shape index (κ3) is 3.79. The van der Waals surface area contributed by atoms with Crippen LogP contribution in [-0.4, -0.2) is 62.3 Å². The monoisotopic (exact) mass is 402 g/mol. The molecule has 0 aromatic heterocycles. The van der Waals surface area contributed by atoms with Crippen LogP contribution >= 0.6 is 0 Å². The number of carbonyl (C=O) groups is 1. The normalized spacial score (nSPS) is 20.2. The lowest BCUT2D eigenvalue weighted by atomic mass is 10.2. The summed E-state index contributed by atoms with van der Waals surface area (Å²) in [6, 6.07) is 7.62. The number of hydrogen-bond acceptors (Lipinski definition) is 5. The van der Waals surface area contributed by atoms with E-state index in [2.05, 4.69) is 6.07 Å². The summed E-state index contributed by atoms with van der Waals surface area (Å²) in [6.07, 6.45) is 5.65. The molecule has 3 aliphatic rings. The van der Waals surface area contributed by atoms with Crippen LogP contribution in [0.5, 0.6) is 0 Å². The zero-order valence-corrected chi connectivity index (χ0v) is 16.8. The van der Waals surface area contributed by atoms with Crippen LogP contribution in [0.15, 0.2) is 23.1 Å². The maximum absolute atomic E-state index is 12.9. The number of carbonyl (C=O) groups excluding carboxylic acids is 1. The zero-order chi connectivity index (χ0) is 19.7. The number of rotatable bonds is 6. The molecule has 0 bridgehead atoms. The molecule has 1 amide bonds. The lowest BCUT2D eigenvalue weighted by Gasteiger charge is -2.26. The van der Waals surface area contributed by atoms with Gasteiger partial charge in [0.2, 0.25) is 15.9 Å². The van der Waals surface area contributed by atoms with Gasteiger partial charge in [0.15, 0.2) is 0 Å². The SMILES string of the molecule is N#CCN(CC(=O)N1CCc2cc(S(=O)(=O)N3CCCCC3)ccc21)C1CC1. The maximum atomic E-state index is 12.9. The Balaban J connectivity index is 1.50. The molecule has 1 saturated heterocycles. The lowest BCUT2D eigenvalue weighted by molar-refractivity contribution is -0.119. The Kier molecular flexibility index (Phi) is 5.41. The van der Waals surface area contributed by atoms with Crippen molar-refractivity contribution in [1.29, 1.82) is 5.26 Å². The summed E-state index contributed by atoms with van der Waals surface area (Å²) in [4.78, 5) is 16.8. The minimum absolute atomic E-state index is 0.0208. The number of piperidine rings is 1. The predicted molar refractivity (Wildman–Crippen MR) is 105 cm³/mol. The second-order valence-corrected chi connectivity index (χ2v) is 9.78. The molecule has 0 unspecified atom stereocenters. The smallest absolute Gasteiger partial charge is 0.243 e. The molecular weight excluding hydrogens is 376 g/mol. The molecule has 28 heavy (non-hydrogen) atoms. The molecule has 7 nitrogen and oxygen atoms in total. The van der Waals surface area contributed by atoms with Gasteiger partial charge in [0.25, 0.3) is 0 Å². The first-order chi connectivity index (χ1) is 13.5. The van der Waals surface area contributed by atoms with Crippen LogP contribution in [0.3, 0.4) is 0 Å². The minimum atomic E-state index is -3.47. The van der Waals surface area contributed by atoms with Crippen LogP contribution in [-0.2, 0) is 21.2 Å². The summed E-state index contributed by atoms with van der Waals surface area (Å²) in [5.41, 5.74) is 1.71. The van der Waals surface area contributed by atoms with Crippen LogP contribution in [0, 0.1) is 11.3 Å². The molecule has 8 heteroatoms. The molecule has 0 radical (unpaired) electrons. The number of anilines is 1. The van der Waals surface area contributed by atoms with Crippen molar-refractivity contribution in [3.63, 3.8) is 0 Å². The van der Waals surface area contributed by atoms with E-state index in [4.69, 9.17) is 5.26 Å². The van der Waals surface area contributed by atoms with Gasteiger partial charge in [-0.15, -0.1) is 0 Å². The Morgan fingerprint density at radius 2 is 1.93 bits per heavy atom. The van der Waals surface area contributed by atoms with E-state index in [1.807, 2.05) is 4.90 Å². The van der Waals surface area contributed by atoms with E-state index in [1.165, 1.54) is 0 Å². The summed E-state index contributed by atoms with van der Waals surface area (Å²) in [5.74, 6) is -0.0208. The number of nitrogens with zero attached hydrogens (tertiary/aromatic N) is 4. The Morgan fingerprint density at radius 1 is 1.18 bits per heavy atom. The average Bonchev–Trinajstić information content (AvgIpc) is 3.46. The summed E-state index contributed by atoms with van der Waals surface area (Å²) in [5, 5.41) is 8.99. The minimum Gasteiger partial charge on any atom is -0.311 e. The third-order valence-electron chi connectivity index (χ3n) is 5.88. The molecule has 1 aromatic carbocycles. The molecule has 2 aliphatic heterocycles. The molecule has 0 N–H and O–H groups in total. The van der Waals surface area contributed by atoms with Crippen molar-refractivity contribution in [2.24, 2.45) is 0 Å². The van der Waals surface area contributed by atoms with Gasteiger partial charge in [-0.25, -0.2) is 8.42 Å². The van der Waals surface area contributed by atoms with Crippen molar-refractivity contribution < 1.29 is 13.2 Å². The first-order valence-corrected chi connectivity index (χ1v) is 11.5. The van der Waals surface area contributed by atoms with E-state index in [0.29, 0.717) is 37.0 Å². The van der Waals surface area contributed by atoms with Crippen LogP contribution in [0.2, 0.25) is 0 Å². The van der Waals surface area contributed by atoms with Crippen LogP contribution in [0.1, 0.15) is 37.7 Å². The second-order valence-electron chi connectivity index (χ2n) is 7.84. The molecule has 0 spiro atoms. The highest BCUT2D eigenvalue weighted by atomic mass is 32.2. The average molecular weight is 403 g/mol. The van der Waals surface area contributed by atoms with Gasteiger partial charge in [-0.05, 0) is 55.9 Å². The van der Waals surface area contributed by atoms with E-state index in [1.54, 1.807) is 27.4 Å². The quantitative estimate of drug-likeness (QED) is 0.677. The van der Waals surface area contributed by atoms with Gasteiger partial charge in [-0.3, -0.25) is 9.69 Å². The molecule has 1 aliphatic carbocycles. The van der Waals surface area contributed by atoms with E-state index in [9.17, 15) is 13.2 Å². The Labute approximate surface area is 166 Å². The highest BCUT2D eigenvalue weighted by Crippen LogP contribution is 2.33. The first kappa shape index (κ1) is 19.4. The molecule has 4 rings (SSSR count). The standard InChI is InChI=1S/C20H26N4O3S/c21-9-13-22(17-4-5-17)15-20(25)24-12-8-16-14-18(6-7-19(16)24)28(26,27)23-10-2-1-3-11-23/h6-7,14,17H,1-5,8,10-13,15H2. The van der Waals surface area contributed by atoms with Gasteiger partial charge in [0.05, 0.1) is 24.1 Å². The summed E-state index contributed by atoms with van der Waals surface area (Å²) in [7, 11) is -3.47. The number of sulfonamides is 1. The third-order valence-corrected chi connectivity index (χ3v) is 7.77. The van der Waals surface area contributed by atoms with Gasteiger partial charge in [-0.2, -0.15) is 9.57 Å². The van der Waals surface area contributed by atoms with Gasteiger partial charge in [-0.1, -0.05) is 6.42 Å². The summed E-state index contributed by atoms with van der Waals surface area (Å²) >= 11 is 0. The fourth-order valence-electron chi connectivity index (χ4n) is 4.16. The van der Waals surface area contributed by atoms with Gasteiger partial charge >= 0.3 is 0 Å². The van der Waals surface area contributed by atoms with E-state index >= 15 is 0 Å². The highest BCUT2D eigenvalue weighted by molar-refractivity contribution is 7.89. The molecule has 0 atom stereocenters. The molecular formula is C20H26N4O3S. The summed E-state index contributed by atoms with van der Waals surface area (Å²) < 4.78 is 27.4. The first-order valence-electron chi connectivity index (χ1n) is 10.0. The van der Waals surface area contributed by atoms with Crippen molar-refractivity contribution >= 4 is 21.6 Å². The molecule has 2 heterocycles. The van der Waals surface area contributed by atoms with Crippen LogP contribution in [0.4, 0.5) is 5.69 Å². The molecule has 150 valence electrons. The van der Waals surface area contributed by atoms with Crippen molar-refractivity contribution in [2.45, 2.75) is 49.5 Å². The van der Waals surface area contributed by atoms with Crippen LogP contribution < -0.4 is 4.90 Å². The molecule has 1 saturated carbocycles. The largest absolute Gasteiger partial charge is 0.311 e. The van der Waals surface area contributed by atoms with E-state index in [0.717, 1.165) is 43.4 Å². The number of benzene rings is 1. The fourth-order valence-corrected chi connectivity index (χ4v) is 5.72. The van der Waals surface area contributed by atoms with Crippen LogP contribution in [0.25, 0.3) is 0 Å². The number of hydrogen-bond donors (Lipinski definition) is 0. The Hall–Kier alpha value is -1.95. The summed E-state index contributed by atoms with van der Waals surface area (Å²) in [6.45, 7) is 2.24. The second kappa shape index (κ2) is 7.82. The van der Waals surface area contributed by atoms with Crippen molar-refractivity contribution in [3.8, 4) is 6.07 Å². The van der Waals surface area contributed by atoms with Gasteiger partial charge < -0.3 is 4.90 Å². The predicted octanol–water partition coefficient (Wildman–Crippen LogP) is 1.74.